The molecule has 6 rings (SSSR count). The molecule has 5 heterocycles. The summed E-state index contributed by atoms with van der Waals surface area (Å²) in [6.45, 7) is 2.59. The Labute approximate surface area is 200 Å². The van der Waals surface area contributed by atoms with Gasteiger partial charge in [-0.25, -0.2) is 9.97 Å². The van der Waals surface area contributed by atoms with Crippen molar-refractivity contribution in [3.8, 4) is 10.6 Å². The van der Waals surface area contributed by atoms with E-state index in [4.69, 9.17) is 0 Å². The minimum atomic E-state index is -0.583. The number of fused-ring (bicyclic) bond motifs is 2. The van der Waals surface area contributed by atoms with Crippen LogP contribution in [0.15, 0.2) is 60.4 Å². The quantitative estimate of drug-likeness (QED) is 0.458. The fraction of sp³-hybridized carbons (Fsp3) is 0.240. The molecule has 1 fully saturated rings. The summed E-state index contributed by atoms with van der Waals surface area (Å²) in [6.07, 6.45) is 5.25. The summed E-state index contributed by atoms with van der Waals surface area (Å²) in [6, 6.07) is 12.0. The topological polar surface area (TPSA) is 91.3 Å². The molecule has 1 unspecified atom stereocenters. The molecule has 0 spiro atoms. The van der Waals surface area contributed by atoms with E-state index in [1.807, 2.05) is 35.8 Å². The number of hydrogen-bond donors (Lipinski definition) is 1. The van der Waals surface area contributed by atoms with Gasteiger partial charge in [0, 0.05) is 67.6 Å². The van der Waals surface area contributed by atoms with Gasteiger partial charge in [0.25, 0.3) is 5.91 Å². The number of rotatable bonds is 4. The number of Topliss-reactive ketones (excluding diaryl/α,β-unsaturated/α-hetero) is 1. The molecule has 2 aliphatic rings. The van der Waals surface area contributed by atoms with Crippen LogP contribution in [0, 0.1) is 0 Å². The molecule has 0 aliphatic carbocycles. The molecule has 1 amide bonds. The van der Waals surface area contributed by atoms with Gasteiger partial charge >= 0.3 is 0 Å². The number of benzene rings is 1. The number of nitrogens with zero attached hydrogens (tertiary/aromatic N) is 5. The van der Waals surface area contributed by atoms with Crippen molar-refractivity contribution in [2.24, 2.45) is 0 Å². The van der Waals surface area contributed by atoms with Gasteiger partial charge in [-0.15, -0.1) is 11.3 Å². The molecule has 0 saturated carbocycles. The molecular weight excluding hydrogens is 448 g/mol. The van der Waals surface area contributed by atoms with Crippen LogP contribution in [0.3, 0.4) is 0 Å². The molecule has 1 N–H and O–H groups in total. The van der Waals surface area contributed by atoms with Crippen molar-refractivity contribution in [2.45, 2.75) is 5.92 Å². The summed E-state index contributed by atoms with van der Waals surface area (Å²) >= 11 is 1.53. The van der Waals surface area contributed by atoms with E-state index in [9.17, 15) is 9.59 Å². The lowest BCUT2D eigenvalue weighted by molar-refractivity contribution is -0.145. The third-order valence-corrected chi connectivity index (χ3v) is 7.31. The highest BCUT2D eigenvalue weighted by Crippen LogP contribution is 2.39. The fourth-order valence-corrected chi connectivity index (χ4v) is 5.43. The van der Waals surface area contributed by atoms with E-state index in [0.29, 0.717) is 38.4 Å². The van der Waals surface area contributed by atoms with E-state index in [2.05, 4.69) is 37.3 Å². The number of pyridine rings is 2. The van der Waals surface area contributed by atoms with Gasteiger partial charge in [-0.05, 0) is 17.5 Å². The SMILES string of the molecule is O=C(C(=O)N1CCN(c2nccc3ccccc23)CC1)C1CNc2c(-c3nccs3)ccnc21. The molecule has 8 nitrogen and oxygen atoms in total. The normalized spacial score (nSPS) is 17.5. The van der Waals surface area contributed by atoms with Crippen LogP contribution in [0.1, 0.15) is 11.6 Å². The van der Waals surface area contributed by atoms with Crippen LogP contribution in [0.2, 0.25) is 0 Å². The molecule has 0 radical (unpaired) electrons. The smallest absolute Gasteiger partial charge is 0.290 e. The van der Waals surface area contributed by atoms with E-state index < -0.39 is 17.6 Å². The van der Waals surface area contributed by atoms with E-state index in [1.54, 1.807) is 17.3 Å². The van der Waals surface area contributed by atoms with E-state index in [-0.39, 0.29) is 0 Å². The Hall–Kier alpha value is -3.85. The molecule has 4 aromatic rings. The number of carbonyl (C=O) groups is 2. The van der Waals surface area contributed by atoms with Crippen LogP contribution < -0.4 is 10.2 Å². The number of carbonyl (C=O) groups excluding carboxylic acids is 2. The third-order valence-electron chi connectivity index (χ3n) is 6.50. The zero-order valence-electron chi connectivity index (χ0n) is 18.3. The van der Waals surface area contributed by atoms with Crippen molar-refractivity contribution in [2.75, 3.05) is 42.9 Å². The molecule has 2 aliphatic heterocycles. The van der Waals surface area contributed by atoms with Gasteiger partial charge in [0.05, 0.1) is 17.3 Å². The highest BCUT2D eigenvalue weighted by atomic mass is 32.1. The first-order valence-corrected chi connectivity index (χ1v) is 12.1. The average Bonchev–Trinajstić information content (AvgIpc) is 3.58. The van der Waals surface area contributed by atoms with Gasteiger partial charge in [0.1, 0.15) is 10.8 Å². The zero-order chi connectivity index (χ0) is 23.1. The van der Waals surface area contributed by atoms with Crippen molar-refractivity contribution in [1.82, 2.24) is 19.9 Å². The predicted octanol–water partition coefficient (Wildman–Crippen LogP) is 3.18. The highest BCUT2D eigenvalue weighted by molar-refractivity contribution is 7.13. The zero-order valence-corrected chi connectivity index (χ0v) is 19.2. The van der Waals surface area contributed by atoms with E-state index >= 15 is 0 Å². The molecule has 3 aromatic heterocycles. The number of nitrogens with one attached hydrogen (secondary N) is 1. The molecular formula is C25H22N6O2S. The summed E-state index contributed by atoms with van der Waals surface area (Å²) in [4.78, 5) is 43.6. The Morgan fingerprint density at radius 3 is 2.59 bits per heavy atom. The Kier molecular flexibility index (Phi) is 5.18. The summed E-state index contributed by atoms with van der Waals surface area (Å²) in [5.74, 6) is -0.511. The van der Waals surface area contributed by atoms with Gasteiger partial charge in [0.2, 0.25) is 5.78 Å². The van der Waals surface area contributed by atoms with Gasteiger partial charge in [-0.2, -0.15) is 0 Å². The summed E-state index contributed by atoms with van der Waals surface area (Å²) in [5.41, 5.74) is 2.35. The largest absolute Gasteiger partial charge is 0.382 e. The molecule has 1 saturated heterocycles. The van der Waals surface area contributed by atoms with Crippen LogP contribution in [-0.4, -0.2) is 64.3 Å². The first-order chi connectivity index (χ1) is 16.7. The maximum absolute atomic E-state index is 13.2. The standard InChI is InChI=1S/C25H22N6O2S/c32-22(19-15-29-20-18(6-8-26-21(19)20)24-28-9-14-34-24)25(33)31-12-10-30(11-13-31)23-17-4-2-1-3-16(17)5-7-27-23/h1-9,14,19,29H,10-13,15H2. The highest BCUT2D eigenvalue weighted by Gasteiger charge is 2.38. The lowest BCUT2D eigenvalue weighted by Crippen LogP contribution is -2.51. The number of anilines is 2. The van der Waals surface area contributed by atoms with E-state index in [1.165, 1.54) is 11.3 Å². The second kappa shape index (κ2) is 8.49. The van der Waals surface area contributed by atoms with Crippen LogP contribution in [0.5, 0.6) is 0 Å². The molecule has 170 valence electrons. The second-order valence-corrected chi connectivity index (χ2v) is 9.28. The van der Waals surface area contributed by atoms with Crippen LogP contribution in [-0.2, 0) is 9.59 Å². The van der Waals surface area contributed by atoms with Gasteiger partial charge < -0.3 is 15.1 Å². The Bertz CT molecular complexity index is 1380. The number of thiazole rings is 1. The van der Waals surface area contributed by atoms with Crippen molar-refractivity contribution in [1.29, 1.82) is 0 Å². The number of hydrogen-bond acceptors (Lipinski definition) is 8. The lowest BCUT2D eigenvalue weighted by atomic mass is 9.99. The van der Waals surface area contributed by atoms with Gasteiger partial charge in [0.15, 0.2) is 0 Å². The molecule has 1 aromatic carbocycles. The predicted molar refractivity (Wildman–Crippen MR) is 132 cm³/mol. The molecule has 9 heteroatoms. The summed E-state index contributed by atoms with van der Waals surface area (Å²) in [5, 5.41) is 8.30. The number of amides is 1. The minimum absolute atomic E-state index is 0.370. The van der Waals surface area contributed by atoms with Crippen LogP contribution >= 0.6 is 11.3 Å². The second-order valence-electron chi connectivity index (χ2n) is 8.39. The number of aromatic nitrogens is 3. The third kappa shape index (κ3) is 3.49. The van der Waals surface area contributed by atoms with Crippen LogP contribution in [0.25, 0.3) is 21.3 Å². The first kappa shape index (κ1) is 20.7. The summed E-state index contributed by atoms with van der Waals surface area (Å²) in [7, 11) is 0. The molecule has 34 heavy (non-hydrogen) atoms. The fourth-order valence-electron chi connectivity index (χ4n) is 4.76. The number of piperazine rings is 1. The summed E-state index contributed by atoms with van der Waals surface area (Å²) < 4.78 is 0. The van der Waals surface area contributed by atoms with Gasteiger partial charge in [-0.3, -0.25) is 14.6 Å². The Balaban J connectivity index is 1.17. The molecule has 0 bridgehead atoms. The van der Waals surface area contributed by atoms with Crippen molar-refractivity contribution in [3.05, 3.63) is 66.1 Å². The van der Waals surface area contributed by atoms with Crippen molar-refractivity contribution < 1.29 is 9.59 Å². The number of ketones is 1. The molecule has 1 atom stereocenters. The van der Waals surface area contributed by atoms with Gasteiger partial charge in [-0.1, -0.05) is 24.3 Å². The maximum Gasteiger partial charge on any atom is 0.290 e. The van der Waals surface area contributed by atoms with Crippen molar-refractivity contribution >= 4 is 45.3 Å². The Morgan fingerprint density at radius 1 is 0.941 bits per heavy atom. The van der Waals surface area contributed by atoms with E-state index in [0.717, 1.165) is 32.8 Å². The first-order valence-electron chi connectivity index (χ1n) is 11.2. The van der Waals surface area contributed by atoms with Crippen molar-refractivity contribution in [3.63, 3.8) is 0 Å². The monoisotopic (exact) mass is 470 g/mol. The maximum atomic E-state index is 13.2. The van der Waals surface area contributed by atoms with Crippen LogP contribution in [0.4, 0.5) is 11.5 Å². The Morgan fingerprint density at radius 2 is 1.76 bits per heavy atom. The minimum Gasteiger partial charge on any atom is -0.382 e. The average molecular weight is 471 g/mol. The lowest BCUT2D eigenvalue weighted by Gasteiger charge is -2.35.